The Morgan fingerprint density at radius 3 is 1.15 bits per heavy atom. The maximum absolute atomic E-state index is 11.0. The molecule has 0 spiro atoms. The van der Waals surface area contributed by atoms with E-state index < -0.39 is 5.97 Å². The number of furan rings is 1. The van der Waals surface area contributed by atoms with Gasteiger partial charge in [0.05, 0.1) is 87.6 Å². The first-order valence-corrected chi connectivity index (χ1v) is 47.9. The third-order valence-corrected chi connectivity index (χ3v) is 26.6. The standard InChI is InChI=1S/C31H27NO4.C31H28NO2.C30H25NO2.C21H13NO.C16H11NO2.HI/c1-35-30-27(19-34)26(18-33)16-25-17-28(32-31(36-2)29(25)30)24-14-22(20-9-5-3-6-10-20)13-23(15-24)21-11-7-4-8-12-21;1-21-30-17-29(20-34)28(19-33)16-26(30)18-31(32(21)2)27-14-24(22-9-5-3-6-10-22)13-25(15-27)23-11-7-4-8-12-23;1-20-29-16-28(19-33)27(18-32)15-25(29)17-30(31-20)26-13-23(21-8-4-2-5-9-21)12-24(14-26)22-10-6-3-7-11-22;1-2-7-15-13-22-19(12-14(15)6-1)18-10-5-9-17-16-8-3-4-11-20(16)23-21(17)18;18-16(19)13-7-3-6-12(8-13)15-9-11-4-1-2-5-14(11)10-17-15;/h3-17,33-34H,18-19H2,1-2H3;3-18,33-34H,19-20H2,1-2H3;2-17,32-33H,18-19H2,1H3;1-13H;1-10H,(H,18,19);1H/q;+1;;;;/p-1. The van der Waals surface area contributed by atoms with E-state index in [0.29, 0.717) is 28.1 Å². The van der Waals surface area contributed by atoms with E-state index in [0.717, 1.165) is 199 Å². The highest BCUT2D eigenvalue weighted by Crippen LogP contribution is 2.45. The lowest BCUT2D eigenvalue weighted by molar-refractivity contribution is -0.665. The monoisotopic (exact) mass is 2030 g/mol. The molecule has 146 heavy (non-hydrogen) atoms. The number of rotatable bonds is 20. The van der Waals surface area contributed by atoms with Gasteiger partial charge in [-0.3, -0.25) is 15.0 Å². The highest BCUT2D eigenvalue weighted by molar-refractivity contribution is 6.10. The van der Waals surface area contributed by atoms with Crippen LogP contribution >= 0.6 is 0 Å². The van der Waals surface area contributed by atoms with Crippen LogP contribution in [0.3, 0.4) is 0 Å². The smallest absolute Gasteiger partial charge is 0.335 e. The molecule has 6 heterocycles. The number of para-hydroxylation sites is 2. The van der Waals surface area contributed by atoms with Gasteiger partial charge in [-0.15, -0.1) is 0 Å². The van der Waals surface area contributed by atoms with Crippen molar-refractivity contribution < 1.29 is 83.0 Å². The lowest BCUT2D eigenvalue weighted by atomic mass is 9.93. The number of ether oxygens (including phenoxy) is 2. The van der Waals surface area contributed by atoms with Crippen molar-refractivity contribution in [2.75, 3.05) is 14.2 Å². The van der Waals surface area contributed by atoms with Crippen LogP contribution in [0, 0.1) is 13.8 Å². The van der Waals surface area contributed by atoms with E-state index >= 15 is 0 Å². The van der Waals surface area contributed by atoms with Gasteiger partial charge < -0.3 is 73.6 Å². The predicted molar refractivity (Wildman–Crippen MR) is 584 cm³/mol. The Balaban J connectivity index is 0.000000121. The van der Waals surface area contributed by atoms with Gasteiger partial charge in [-0.2, -0.15) is 4.57 Å². The summed E-state index contributed by atoms with van der Waals surface area (Å²) in [5, 5.41) is 80.3. The average Bonchev–Trinajstić information content (AvgIpc) is 1.55. The second kappa shape index (κ2) is 45.6. The molecule has 7 N–H and O–H groups in total. The molecule has 0 bridgehead atoms. The van der Waals surface area contributed by atoms with E-state index in [1.54, 1.807) is 31.5 Å². The molecular weight excluding hydrogens is 1920 g/mol. The van der Waals surface area contributed by atoms with Crippen LogP contribution in [0.15, 0.2) is 429 Å². The number of aromatic carboxylic acids is 1. The molecule has 718 valence electrons. The first kappa shape index (κ1) is 99.3. The van der Waals surface area contributed by atoms with Crippen molar-refractivity contribution in [1.29, 1.82) is 0 Å². The van der Waals surface area contributed by atoms with Gasteiger partial charge in [0, 0.05) is 96.8 Å². The number of pyridine rings is 5. The molecule has 0 unspecified atom stereocenters. The normalized spacial score (nSPS) is 11.0. The second-order valence-corrected chi connectivity index (χ2v) is 35.5. The largest absolute Gasteiger partial charge is 1.00 e. The third kappa shape index (κ3) is 21.6. The first-order valence-electron chi connectivity index (χ1n) is 47.9. The number of benzene rings is 17. The molecule has 16 nitrogen and oxygen atoms in total. The van der Waals surface area contributed by atoms with Gasteiger partial charge in [-0.25, -0.2) is 9.78 Å². The lowest BCUT2D eigenvalue weighted by Crippen LogP contribution is -3.00. The molecule has 17 heteroatoms. The molecule has 0 aliphatic rings. The summed E-state index contributed by atoms with van der Waals surface area (Å²) in [6.07, 6.45) is 3.73. The zero-order valence-corrected chi connectivity index (χ0v) is 83.2. The van der Waals surface area contributed by atoms with Gasteiger partial charge in [0.1, 0.15) is 24.0 Å². The summed E-state index contributed by atoms with van der Waals surface area (Å²) < 4.78 is 19.7. The number of carboxylic acids is 1. The van der Waals surface area contributed by atoms with Gasteiger partial charge in [-0.1, -0.05) is 273 Å². The van der Waals surface area contributed by atoms with Crippen LogP contribution in [0.2, 0.25) is 0 Å². The van der Waals surface area contributed by atoms with Crippen LogP contribution in [0.1, 0.15) is 55.1 Å². The third-order valence-electron chi connectivity index (χ3n) is 26.6. The van der Waals surface area contributed by atoms with Gasteiger partial charge in [-0.05, 0) is 262 Å². The summed E-state index contributed by atoms with van der Waals surface area (Å²) in [6, 6.07) is 139. The number of fused-ring (bicyclic) bond motifs is 8. The number of aryl methyl sites for hydroxylation is 2. The van der Waals surface area contributed by atoms with Gasteiger partial charge in [0.15, 0.2) is 5.69 Å². The fourth-order valence-electron chi connectivity index (χ4n) is 19.0. The molecule has 6 aromatic heterocycles. The van der Waals surface area contributed by atoms with E-state index in [2.05, 4.69) is 259 Å². The highest BCUT2D eigenvalue weighted by atomic mass is 127. The van der Waals surface area contributed by atoms with Gasteiger partial charge in [0.2, 0.25) is 11.6 Å². The lowest BCUT2D eigenvalue weighted by Gasteiger charge is -2.17. The number of hydrogen-bond acceptors (Lipinski definition) is 14. The molecule has 0 aliphatic heterocycles. The van der Waals surface area contributed by atoms with Crippen LogP contribution in [-0.4, -0.2) is 75.9 Å². The topological polar surface area (TPSA) is 246 Å². The van der Waals surface area contributed by atoms with Crippen molar-refractivity contribution in [3.05, 3.63) is 475 Å². The summed E-state index contributed by atoms with van der Waals surface area (Å²) in [4.78, 5) is 29.8. The summed E-state index contributed by atoms with van der Waals surface area (Å²) in [7, 11) is 5.19. The molecule has 0 saturated heterocycles. The minimum absolute atomic E-state index is 0. The van der Waals surface area contributed by atoms with E-state index in [9.17, 15) is 35.4 Å². The van der Waals surface area contributed by atoms with Crippen LogP contribution < -0.4 is 38.0 Å². The fourth-order valence-corrected chi connectivity index (χ4v) is 19.0. The minimum atomic E-state index is -0.928. The number of carboxylic acid groups (broad SMARTS) is 1. The number of aromatic nitrogens is 5. The summed E-state index contributed by atoms with van der Waals surface area (Å²) in [5.74, 6) is -0.0782. The Hall–Kier alpha value is -16.9. The van der Waals surface area contributed by atoms with Crippen molar-refractivity contribution in [2.24, 2.45) is 7.05 Å². The van der Waals surface area contributed by atoms with E-state index in [1.807, 2.05) is 177 Å². The number of hydrogen-bond donors (Lipinski definition) is 7. The molecule has 23 rings (SSSR count). The van der Waals surface area contributed by atoms with Crippen molar-refractivity contribution in [3.8, 4) is 135 Å². The maximum Gasteiger partial charge on any atom is 0.335 e. The van der Waals surface area contributed by atoms with Crippen LogP contribution in [0.5, 0.6) is 11.6 Å². The fraction of sp³-hybridized carbons (Fsp3) is 0.0853. The van der Waals surface area contributed by atoms with Gasteiger partial charge >= 0.3 is 5.97 Å². The molecule has 0 saturated carbocycles. The number of aliphatic hydroxyl groups is 6. The Labute approximate surface area is 863 Å². The van der Waals surface area contributed by atoms with E-state index in [4.69, 9.17) is 29.0 Å². The number of aliphatic hydroxyl groups excluding tert-OH is 6. The van der Waals surface area contributed by atoms with Crippen LogP contribution in [0.25, 0.3) is 199 Å². The number of carbonyl (C=O) groups is 1. The highest BCUT2D eigenvalue weighted by Gasteiger charge is 2.25. The van der Waals surface area contributed by atoms with E-state index in [-0.39, 0.29) is 69.2 Å². The summed E-state index contributed by atoms with van der Waals surface area (Å²) in [5.41, 5.74) is 31.3. The Bertz CT molecular complexity index is 8500. The molecule has 23 aromatic rings. The number of methoxy groups -OCH3 is 2. The van der Waals surface area contributed by atoms with Crippen LogP contribution in [-0.2, 0) is 46.7 Å². The molecule has 0 radical (unpaired) electrons. The van der Waals surface area contributed by atoms with Crippen molar-refractivity contribution >= 4 is 81.8 Å². The predicted octanol–water partition coefficient (Wildman–Crippen LogP) is 25.1. The Morgan fingerprint density at radius 1 is 0.308 bits per heavy atom. The summed E-state index contributed by atoms with van der Waals surface area (Å²) in [6.45, 7) is 3.22. The van der Waals surface area contributed by atoms with Gasteiger partial charge in [0.25, 0.3) is 0 Å². The maximum atomic E-state index is 11.0. The second-order valence-electron chi connectivity index (χ2n) is 35.5. The molecular formula is C129H104IN5O11. The summed E-state index contributed by atoms with van der Waals surface area (Å²) >= 11 is 0. The molecule has 0 atom stereocenters. The zero-order valence-electron chi connectivity index (χ0n) is 81.0. The van der Waals surface area contributed by atoms with Crippen molar-refractivity contribution in [1.82, 2.24) is 19.9 Å². The SMILES string of the molecule is COc1nc(-c2cc(-c3ccccc3)cc(-c3ccccc3)c2)cc2cc(CO)c(CO)c(OC)c12.Cc1c2cc(CO)c(CO)cc2cc(-c2cc(-c3ccccc3)cc(-c3ccccc3)c2)[n+]1C.Cc1nc(-c2cc(-c3ccccc3)cc(-c3ccccc3)c2)cc2cc(CO)c(CO)cc12.O=C(O)c1cccc(-c2cc3ccccc3cn2)c1.[I-].c1ccc2cc(-c3cccc4c3oc3ccccc34)ncc2c1. The molecule has 0 amide bonds. The first-order chi connectivity index (χ1) is 71.0. The number of nitrogens with zero attached hydrogens (tertiary/aromatic N) is 5. The van der Waals surface area contributed by atoms with Crippen molar-refractivity contribution in [3.63, 3.8) is 0 Å². The zero-order chi connectivity index (χ0) is 100.0. The van der Waals surface area contributed by atoms with E-state index in [1.165, 1.54) is 34.7 Å². The minimum Gasteiger partial charge on any atom is -1.00 e. The molecule has 0 aliphatic carbocycles. The Morgan fingerprint density at radius 2 is 0.685 bits per heavy atom. The number of halogens is 1. The molecule has 0 fully saturated rings. The van der Waals surface area contributed by atoms with Crippen molar-refractivity contribution in [2.45, 2.75) is 53.5 Å². The Kier molecular flexibility index (Phi) is 31.0. The quantitative estimate of drug-likeness (QED) is 0.0277. The molecule has 17 aromatic carbocycles. The van der Waals surface area contributed by atoms with Crippen LogP contribution in [0.4, 0.5) is 0 Å². The average molecular weight is 2030 g/mol.